The van der Waals surface area contributed by atoms with Crippen LogP contribution >= 0.6 is 11.6 Å². The number of likely N-dealkylation sites (N-methyl/N-ethyl adjacent to an activating group) is 1. The SMILES string of the molecule is CCN1CCC(Nc2ccc(Cl)nn2)C1. The zero-order chi connectivity index (χ0) is 10.7. The lowest BCUT2D eigenvalue weighted by atomic mass is 10.2. The van der Waals surface area contributed by atoms with Crippen LogP contribution in [-0.2, 0) is 0 Å². The highest BCUT2D eigenvalue weighted by Crippen LogP contribution is 2.14. The predicted octanol–water partition coefficient (Wildman–Crippen LogP) is 1.64. The van der Waals surface area contributed by atoms with Crippen LogP contribution in [-0.4, -0.2) is 40.8 Å². The summed E-state index contributed by atoms with van der Waals surface area (Å²) in [6, 6.07) is 4.10. The van der Waals surface area contributed by atoms with Crippen molar-refractivity contribution in [1.29, 1.82) is 0 Å². The lowest BCUT2D eigenvalue weighted by molar-refractivity contribution is 0.356. The van der Waals surface area contributed by atoms with Gasteiger partial charge >= 0.3 is 0 Å². The maximum absolute atomic E-state index is 5.66. The first kappa shape index (κ1) is 10.6. The van der Waals surface area contributed by atoms with Crippen LogP contribution < -0.4 is 5.32 Å². The number of nitrogens with zero attached hydrogens (tertiary/aromatic N) is 3. The number of nitrogens with one attached hydrogen (secondary N) is 1. The van der Waals surface area contributed by atoms with Crippen LogP contribution in [0.3, 0.4) is 0 Å². The van der Waals surface area contributed by atoms with Crippen molar-refractivity contribution in [1.82, 2.24) is 15.1 Å². The highest BCUT2D eigenvalue weighted by atomic mass is 35.5. The lowest BCUT2D eigenvalue weighted by Crippen LogP contribution is -2.26. The van der Waals surface area contributed by atoms with Gasteiger partial charge in [-0.25, -0.2) is 0 Å². The molecule has 15 heavy (non-hydrogen) atoms. The topological polar surface area (TPSA) is 41.0 Å². The van der Waals surface area contributed by atoms with Gasteiger partial charge in [-0.1, -0.05) is 18.5 Å². The van der Waals surface area contributed by atoms with Crippen LogP contribution in [0.4, 0.5) is 5.82 Å². The molecule has 0 amide bonds. The molecule has 1 N–H and O–H groups in total. The van der Waals surface area contributed by atoms with Gasteiger partial charge in [0.05, 0.1) is 0 Å². The smallest absolute Gasteiger partial charge is 0.151 e. The molecule has 5 heteroatoms. The van der Waals surface area contributed by atoms with E-state index in [0.717, 1.165) is 31.9 Å². The third-order valence-electron chi connectivity index (χ3n) is 2.70. The normalized spacial score (nSPS) is 21.9. The first-order valence-corrected chi connectivity index (χ1v) is 5.64. The molecule has 1 unspecified atom stereocenters. The highest BCUT2D eigenvalue weighted by Gasteiger charge is 2.20. The summed E-state index contributed by atoms with van der Waals surface area (Å²) in [5, 5.41) is 11.6. The van der Waals surface area contributed by atoms with Gasteiger partial charge in [-0.3, -0.25) is 0 Å². The number of hydrogen-bond acceptors (Lipinski definition) is 4. The summed E-state index contributed by atoms with van der Waals surface area (Å²) in [5.74, 6) is 0.808. The average molecular weight is 227 g/mol. The maximum atomic E-state index is 5.66. The molecule has 1 atom stereocenters. The Balaban J connectivity index is 1.90. The van der Waals surface area contributed by atoms with Crippen molar-refractivity contribution in [3.63, 3.8) is 0 Å². The molecular weight excluding hydrogens is 212 g/mol. The fraction of sp³-hybridized carbons (Fsp3) is 0.600. The molecule has 1 aromatic rings. The van der Waals surface area contributed by atoms with Gasteiger partial charge in [0.25, 0.3) is 0 Å². The lowest BCUT2D eigenvalue weighted by Gasteiger charge is -2.14. The van der Waals surface area contributed by atoms with Crippen LogP contribution in [0.15, 0.2) is 12.1 Å². The third kappa shape index (κ3) is 2.79. The van der Waals surface area contributed by atoms with E-state index < -0.39 is 0 Å². The van der Waals surface area contributed by atoms with Crippen molar-refractivity contribution in [3.05, 3.63) is 17.3 Å². The molecule has 2 heterocycles. The van der Waals surface area contributed by atoms with Crippen molar-refractivity contribution in [2.75, 3.05) is 25.0 Å². The molecule has 1 saturated heterocycles. The second-order valence-electron chi connectivity index (χ2n) is 3.76. The van der Waals surface area contributed by atoms with Crippen LogP contribution in [0.5, 0.6) is 0 Å². The molecule has 0 bridgehead atoms. The van der Waals surface area contributed by atoms with Crippen molar-refractivity contribution in [3.8, 4) is 0 Å². The zero-order valence-corrected chi connectivity index (χ0v) is 9.54. The highest BCUT2D eigenvalue weighted by molar-refractivity contribution is 6.29. The Morgan fingerprint density at radius 3 is 3.00 bits per heavy atom. The van der Waals surface area contributed by atoms with Gasteiger partial charge < -0.3 is 10.2 Å². The maximum Gasteiger partial charge on any atom is 0.151 e. The molecule has 0 radical (unpaired) electrons. The van der Waals surface area contributed by atoms with E-state index in [4.69, 9.17) is 11.6 Å². The molecule has 0 spiro atoms. The molecule has 1 aromatic heterocycles. The molecule has 1 fully saturated rings. The van der Waals surface area contributed by atoms with Gasteiger partial charge in [0, 0.05) is 19.1 Å². The van der Waals surface area contributed by atoms with Gasteiger partial charge in [0.15, 0.2) is 5.15 Å². The quantitative estimate of drug-likeness (QED) is 0.851. The summed E-state index contributed by atoms with van der Waals surface area (Å²) in [6.45, 7) is 5.55. The van der Waals surface area contributed by atoms with Crippen molar-refractivity contribution in [2.24, 2.45) is 0 Å². The number of halogens is 1. The molecule has 4 nitrogen and oxygen atoms in total. The fourth-order valence-electron chi connectivity index (χ4n) is 1.84. The molecule has 0 aromatic carbocycles. The van der Waals surface area contributed by atoms with E-state index in [1.165, 1.54) is 0 Å². The van der Waals surface area contributed by atoms with E-state index in [1.807, 2.05) is 6.07 Å². The molecule has 0 aliphatic carbocycles. The Morgan fingerprint density at radius 1 is 1.53 bits per heavy atom. The second-order valence-corrected chi connectivity index (χ2v) is 4.15. The number of likely N-dealkylation sites (tertiary alicyclic amines) is 1. The number of anilines is 1. The van der Waals surface area contributed by atoms with E-state index >= 15 is 0 Å². The summed E-state index contributed by atoms with van der Waals surface area (Å²) in [4.78, 5) is 2.42. The molecule has 1 aliphatic heterocycles. The number of aromatic nitrogens is 2. The van der Waals surface area contributed by atoms with Crippen molar-refractivity contribution < 1.29 is 0 Å². The summed E-state index contributed by atoms with van der Waals surface area (Å²) in [7, 11) is 0. The van der Waals surface area contributed by atoms with E-state index in [9.17, 15) is 0 Å². The third-order valence-corrected chi connectivity index (χ3v) is 2.91. The van der Waals surface area contributed by atoms with E-state index in [1.54, 1.807) is 6.07 Å². The van der Waals surface area contributed by atoms with Crippen molar-refractivity contribution >= 4 is 17.4 Å². The number of rotatable bonds is 3. The first-order valence-electron chi connectivity index (χ1n) is 5.26. The summed E-state index contributed by atoms with van der Waals surface area (Å²) < 4.78 is 0. The number of hydrogen-bond donors (Lipinski definition) is 1. The Bertz CT molecular complexity index is 314. The van der Waals surface area contributed by atoms with Gasteiger partial charge in [0.1, 0.15) is 5.82 Å². The van der Waals surface area contributed by atoms with Gasteiger partial charge in [-0.15, -0.1) is 10.2 Å². The molecular formula is C10H15ClN4. The minimum Gasteiger partial charge on any atom is -0.365 e. The summed E-state index contributed by atoms with van der Waals surface area (Å²) >= 11 is 5.66. The largest absolute Gasteiger partial charge is 0.365 e. The minimum absolute atomic E-state index is 0.433. The monoisotopic (exact) mass is 226 g/mol. The van der Waals surface area contributed by atoms with Crippen LogP contribution in [0.1, 0.15) is 13.3 Å². The van der Waals surface area contributed by atoms with Crippen LogP contribution in [0, 0.1) is 0 Å². The van der Waals surface area contributed by atoms with Crippen molar-refractivity contribution in [2.45, 2.75) is 19.4 Å². The zero-order valence-electron chi connectivity index (χ0n) is 8.78. The molecule has 82 valence electrons. The second kappa shape index (κ2) is 4.77. The van der Waals surface area contributed by atoms with Crippen LogP contribution in [0.25, 0.3) is 0 Å². The predicted molar refractivity (Wildman–Crippen MR) is 61.2 cm³/mol. The Hall–Kier alpha value is -0.870. The van der Waals surface area contributed by atoms with Gasteiger partial charge in [-0.2, -0.15) is 0 Å². The molecule has 0 saturated carbocycles. The fourth-order valence-corrected chi connectivity index (χ4v) is 1.94. The standard InChI is InChI=1S/C10H15ClN4/c1-2-15-6-5-8(7-15)12-10-4-3-9(11)13-14-10/h3-4,8H,2,5-7H2,1H3,(H,12,14). The van der Waals surface area contributed by atoms with Crippen LogP contribution in [0.2, 0.25) is 5.15 Å². The van der Waals surface area contributed by atoms with E-state index in [-0.39, 0.29) is 0 Å². The minimum atomic E-state index is 0.433. The van der Waals surface area contributed by atoms with Gasteiger partial charge in [0.2, 0.25) is 0 Å². The molecule has 2 rings (SSSR count). The van der Waals surface area contributed by atoms with Gasteiger partial charge in [-0.05, 0) is 25.1 Å². The first-order chi connectivity index (χ1) is 7.28. The summed E-state index contributed by atoms with van der Waals surface area (Å²) in [5.41, 5.74) is 0. The Kier molecular flexibility index (Phi) is 3.38. The van der Waals surface area contributed by atoms with E-state index in [2.05, 4.69) is 27.3 Å². The average Bonchev–Trinajstić information content (AvgIpc) is 2.69. The Morgan fingerprint density at radius 2 is 2.40 bits per heavy atom. The Labute approximate surface area is 94.6 Å². The summed E-state index contributed by atoms with van der Waals surface area (Å²) in [6.07, 6.45) is 1.16. The molecule has 1 aliphatic rings. The van der Waals surface area contributed by atoms with E-state index in [0.29, 0.717) is 11.2 Å².